The fourth-order valence-corrected chi connectivity index (χ4v) is 5.77. The van der Waals surface area contributed by atoms with Gasteiger partial charge in [-0.05, 0) is 53.1 Å². The predicted molar refractivity (Wildman–Crippen MR) is 146 cm³/mol. The van der Waals surface area contributed by atoms with Crippen molar-refractivity contribution in [2.45, 2.75) is 25.3 Å². The first kappa shape index (κ1) is 26.2. The van der Waals surface area contributed by atoms with Crippen LogP contribution < -0.4 is 10.4 Å². The predicted octanol–water partition coefficient (Wildman–Crippen LogP) is 4.01. The molecule has 0 saturated heterocycles. The van der Waals surface area contributed by atoms with Crippen molar-refractivity contribution in [3.63, 3.8) is 0 Å². The van der Waals surface area contributed by atoms with Crippen LogP contribution in [0.25, 0.3) is 0 Å². The molecule has 1 aromatic heterocycles. The Morgan fingerprint density at radius 3 is 2.17 bits per heavy atom. The molecule has 3 aromatic carbocycles. The highest BCUT2D eigenvalue weighted by Crippen LogP contribution is 2.38. The van der Waals surface area contributed by atoms with Gasteiger partial charge >= 0.3 is 5.97 Å². The van der Waals surface area contributed by atoms with E-state index in [4.69, 9.17) is 0 Å². The summed E-state index contributed by atoms with van der Waals surface area (Å²) in [6.07, 6.45) is 2.63. The van der Waals surface area contributed by atoms with E-state index < -0.39 is 46.3 Å². The highest BCUT2D eigenvalue weighted by atomic mass is 19.1. The van der Waals surface area contributed by atoms with Crippen molar-refractivity contribution in [2.75, 3.05) is 18.2 Å². The Balaban J connectivity index is 1.53. The zero-order chi connectivity index (χ0) is 28.8. The Hall–Kier alpha value is -4.99. The molecule has 1 aliphatic carbocycles. The molecule has 1 amide bonds. The molecule has 4 aromatic rings. The average molecular weight is 558 g/mol. The number of carboxylic acid groups (broad SMARTS) is 1. The van der Waals surface area contributed by atoms with E-state index in [1.54, 1.807) is 5.01 Å². The average Bonchev–Trinajstić information content (AvgIpc) is 3.12. The molecule has 2 heterocycles. The number of pyridine rings is 1. The summed E-state index contributed by atoms with van der Waals surface area (Å²) in [6, 6.07) is 18.3. The van der Waals surface area contributed by atoms with Crippen molar-refractivity contribution in [3.8, 4) is 5.75 Å². The topological polar surface area (TPSA) is 103 Å². The summed E-state index contributed by atoms with van der Waals surface area (Å²) in [6.45, 7) is -0.0778. The van der Waals surface area contributed by atoms with Crippen molar-refractivity contribution in [1.82, 2.24) is 9.58 Å². The molecular weight excluding hydrogens is 532 g/mol. The second-order valence-corrected chi connectivity index (χ2v) is 10.2. The van der Waals surface area contributed by atoms with Crippen molar-refractivity contribution in [2.24, 2.45) is 0 Å². The maximum atomic E-state index is 14.4. The fraction of sp³-hybridized carbons (Fsp3) is 0.194. The minimum atomic E-state index is -1.54. The van der Waals surface area contributed by atoms with E-state index in [0.717, 1.165) is 53.4 Å². The van der Waals surface area contributed by atoms with Crippen LogP contribution in [0.4, 0.5) is 8.78 Å². The number of carbonyl (C=O) groups is 2. The zero-order valence-corrected chi connectivity index (χ0v) is 21.8. The third-order valence-corrected chi connectivity index (χ3v) is 7.80. The quantitative estimate of drug-likeness (QED) is 0.385. The van der Waals surface area contributed by atoms with Gasteiger partial charge in [-0.2, -0.15) is 0 Å². The molecule has 8 nitrogen and oxygen atoms in total. The largest absolute Gasteiger partial charge is 0.502 e. The number of carboxylic acids is 1. The number of aromatic carboxylic acids is 1. The summed E-state index contributed by atoms with van der Waals surface area (Å²) in [4.78, 5) is 39.8. The number of aryl methyl sites for hydroxylation is 2. The molecule has 208 valence electrons. The third-order valence-electron chi connectivity index (χ3n) is 7.80. The number of rotatable bonds is 5. The maximum absolute atomic E-state index is 14.4. The molecule has 0 saturated carbocycles. The Morgan fingerprint density at radius 1 is 0.927 bits per heavy atom. The van der Waals surface area contributed by atoms with Gasteiger partial charge in [0.15, 0.2) is 11.4 Å². The van der Waals surface area contributed by atoms with Crippen LogP contribution in [0, 0.1) is 11.6 Å². The van der Waals surface area contributed by atoms with Crippen molar-refractivity contribution in [3.05, 3.63) is 134 Å². The minimum Gasteiger partial charge on any atom is -0.502 e. The van der Waals surface area contributed by atoms with Crippen LogP contribution in [0.15, 0.2) is 77.7 Å². The molecule has 41 heavy (non-hydrogen) atoms. The number of aromatic nitrogens is 1. The molecule has 1 aliphatic heterocycles. The molecule has 0 fully saturated rings. The summed E-state index contributed by atoms with van der Waals surface area (Å²) in [7, 11) is 0. The number of nitrogens with zero attached hydrogens (tertiary/aromatic N) is 3. The van der Waals surface area contributed by atoms with Gasteiger partial charge in [0.1, 0.15) is 23.9 Å². The van der Waals surface area contributed by atoms with Gasteiger partial charge in [-0.15, -0.1) is 0 Å². The highest BCUT2D eigenvalue weighted by molar-refractivity contribution is 5.98. The summed E-state index contributed by atoms with van der Waals surface area (Å²) in [5.41, 5.74) is 1.95. The number of amides is 1. The van der Waals surface area contributed by atoms with E-state index >= 15 is 0 Å². The normalized spacial score (nSPS) is 14.7. The number of carbonyl (C=O) groups excluding carboxylic acids is 1. The van der Waals surface area contributed by atoms with Gasteiger partial charge in [0.2, 0.25) is 5.43 Å². The van der Waals surface area contributed by atoms with E-state index in [9.17, 15) is 33.4 Å². The number of halogens is 2. The smallest absolute Gasteiger partial charge is 0.341 e. The molecule has 2 aliphatic rings. The lowest BCUT2D eigenvalue weighted by atomic mass is 9.94. The van der Waals surface area contributed by atoms with Gasteiger partial charge in [0.25, 0.3) is 5.91 Å². The number of fused-ring (bicyclic) bond motifs is 3. The van der Waals surface area contributed by atoms with Gasteiger partial charge in [0, 0.05) is 18.8 Å². The molecule has 10 heteroatoms. The number of hydrogen-bond acceptors (Lipinski definition) is 5. The summed E-state index contributed by atoms with van der Waals surface area (Å²) < 4.78 is 29.2. The second kappa shape index (κ2) is 10.2. The maximum Gasteiger partial charge on any atom is 0.341 e. The van der Waals surface area contributed by atoms with Crippen molar-refractivity contribution >= 4 is 11.9 Å². The van der Waals surface area contributed by atoms with Crippen LogP contribution in [0.3, 0.4) is 0 Å². The number of hydrogen-bond donors (Lipinski definition) is 2. The number of benzene rings is 3. The van der Waals surface area contributed by atoms with Gasteiger partial charge < -0.3 is 15.1 Å². The van der Waals surface area contributed by atoms with Gasteiger partial charge in [-0.1, -0.05) is 54.6 Å². The molecule has 0 bridgehead atoms. The SMILES string of the molecule is O=C(O)c1cn2c(c(O)c1=O)C(=O)N(CCc1ccc(F)cc1F)CN2C1c2ccccc2CCc2ccccc21. The first-order valence-electron chi connectivity index (χ1n) is 13.1. The van der Waals surface area contributed by atoms with Crippen LogP contribution in [0.5, 0.6) is 5.75 Å². The monoisotopic (exact) mass is 557 g/mol. The zero-order valence-electron chi connectivity index (χ0n) is 21.8. The van der Waals surface area contributed by atoms with Gasteiger partial charge in [-0.3, -0.25) is 19.3 Å². The summed E-state index contributed by atoms with van der Waals surface area (Å²) in [5, 5.41) is 22.4. The van der Waals surface area contributed by atoms with Crippen LogP contribution in [-0.2, 0) is 19.3 Å². The Bertz CT molecular complexity index is 1720. The fourth-order valence-electron chi connectivity index (χ4n) is 5.77. The molecule has 6 rings (SSSR count). The summed E-state index contributed by atoms with van der Waals surface area (Å²) in [5.74, 6) is -4.70. The second-order valence-electron chi connectivity index (χ2n) is 10.2. The Kier molecular flexibility index (Phi) is 6.53. The standard InChI is InChI=1S/C31H25F2N3O5/c32-21-12-11-20(25(33)15-21)13-14-34-17-36(35-16-24(31(40)41)28(37)29(38)27(35)30(34)39)26-22-7-3-1-5-18(22)9-10-19-6-2-4-8-23(19)26/h1-8,11-12,15-16,26,38H,9-10,13-14,17H2,(H,40,41). The lowest BCUT2D eigenvalue weighted by Crippen LogP contribution is -2.56. The highest BCUT2D eigenvalue weighted by Gasteiger charge is 2.39. The van der Waals surface area contributed by atoms with Crippen LogP contribution in [0.2, 0.25) is 0 Å². The number of aromatic hydroxyl groups is 1. The lowest BCUT2D eigenvalue weighted by molar-refractivity contribution is 0.0661. The minimum absolute atomic E-state index is 0.0117. The molecule has 0 atom stereocenters. The van der Waals surface area contributed by atoms with Crippen molar-refractivity contribution in [1.29, 1.82) is 0 Å². The van der Waals surface area contributed by atoms with E-state index in [1.807, 2.05) is 48.5 Å². The van der Waals surface area contributed by atoms with Crippen LogP contribution in [-0.4, -0.2) is 44.9 Å². The molecule has 0 unspecified atom stereocenters. The van der Waals surface area contributed by atoms with E-state index in [0.29, 0.717) is 0 Å². The van der Waals surface area contributed by atoms with Gasteiger partial charge in [-0.25, -0.2) is 13.6 Å². The van der Waals surface area contributed by atoms with E-state index in [1.165, 1.54) is 15.6 Å². The third kappa shape index (κ3) is 4.51. The Labute approximate surface area is 233 Å². The first-order chi connectivity index (χ1) is 19.7. The first-order valence-corrected chi connectivity index (χ1v) is 13.1. The summed E-state index contributed by atoms with van der Waals surface area (Å²) >= 11 is 0. The van der Waals surface area contributed by atoms with Gasteiger partial charge in [0.05, 0.1) is 6.04 Å². The van der Waals surface area contributed by atoms with E-state index in [2.05, 4.69) is 0 Å². The van der Waals surface area contributed by atoms with Crippen molar-refractivity contribution < 1.29 is 28.6 Å². The molecular formula is C31H25F2N3O5. The van der Waals surface area contributed by atoms with Crippen LogP contribution in [0.1, 0.15) is 54.7 Å². The van der Waals surface area contributed by atoms with E-state index in [-0.39, 0.29) is 30.9 Å². The molecule has 0 spiro atoms. The lowest BCUT2D eigenvalue weighted by Gasteiger charge is -2.44. The Morgan fingerprint density at radius 2 is 1.56 bits per heavy atom. The van der Waals surface area contributed by atoms with Crippen LogP contribution >= 0.6 is 0 Å². The molecule has 0 radical (unpaired) electrons. The molecule has 2 N–H and O–H groups in total.